The van der Waals surface area contributed by atoms with E-state index in [0.29, 0.717) is 15.7 Å². The molecule has 0 bridgehead atoms. The topological polar surface area (TPSA) is 75.4 Å². The van der Waals surface area contributed by atoms with E-state index in [2.05, 4.69) is 21.2 Å². The molecule has 0 saturated carbocycles. The van der Waals surface area contributed by atoms with Crippen LogP contribution in [0.5, 0.6) is 5.75 Å². The van der Waals surface area contributed by atoms with E-state index < -0.39 is 10.7 Å². The Hall–Kier alpha value is -2.15. The second-order valence-electron chi connectivity index (χ2n) is 4.09. The van der Waals surface area contributed by atoms with E-state index in [1.807, 2.05) is 0 Å². The zero-order chi connectivity index (χ0) is 14.7. The molecule has 2 rings (SSSR count). The van der Waals surface area contributed by atoms with Crippen LogP contribution in [0.15, 0.2) is 40.9 Å². The van der Waals surface area contributed by atoms with Crippen molar-refractivity contribution in [2.75, 3.05) is 5.32 Å². The number of halogens is 2. The molecule has 2 N–H and O–H groups in total. The highest BCUT2D eigenvalue weighted by Gasteiger charge is 2.09. The Morgan fingerprint density at radius 2 is 2.05 bits per heavy atom. The fourth-order valence-corrected chi connectivity index (χ4v) is 2.08. The number of rotatable bonds is 4. The lowest BCUT2D eigenvalue weighted by Gasteiger charge is -2.09. The van der Waals surface area contributed by atoms with Gasteiger partial charge in [0.05, 0.1) is 10.6 Å². The Morgan fingerprint density at radius 1 is 1.30 bits per heavy atom. The number of hydrogen-bond acceptors (Lipinski definition) is 4. The molecule has 7 heteroatoms. The fraction of sp³-hybridized carbons (Fsp3) is 0.0769. The molecule has 104 valence electrons. The molecule has 0 heterocycles. The maximum Gasteiger partial charge on any atom is 0.271 e. The van der Waals surface area contributed by atoms with Crippen molar-refractivity contribution in [3.8, 4) is 5.75 Å². The van der Waals surface area contributed by atoms with Gasteiger partial charge in [0.15, 0.2) is 0 Å². The van der Waals surface area contributed by atoms with Crippen LogP contribution in [0.2, 0.25) is 0 Å². The van der Waals surface area contributed by atoms with E-state index in [1.165, 1.54) is 24.3 Å². The van der Waals surface area contributed by atoms with Crippen LogP contribution in [-0.4, -0.2) is 10.0 Å². The Bertz CT molecular complexity index is 644. The second kappa shape index (κ2) is 5.87. The number of non-ortho nitro benzene ring substituents is 1. The first-order chi connectivity index (χ1) is 9.45. The van der Waals surface area contributed by atoms with Gasteiger partial charge in [-0.1, -0.05) is 0 Å². The molecule has 0 radical (unpaired) electrons. The third-order valence-corrected chi connectivity index (χ3v) is 3.28. The number of aromatic hydroxyl groups is 1. The van der Waals surface area contributed by atoms with Gasteiger partial charge in [-0.3, -0.25) is 10.1 Å². The molecule has 0 unspecified atom stereocenters. The molecule has 0 aliphatic carbocycles. The SMILES string of the molecule is O=[N+]([O-])c1ccc(Br)c(NCc2cc(O)cc(F)c2)c1. The number of nitro benzene ring substituents is 1. The first kappa shape index (κ1) is 14.3. The van der Waals surface area contributed by atoms with Gasteiger partial charge in [0, 0.05) is 29.2 Å². The fourth-order valence-electron chi connectivity index (χ4n) is 1.69. The average Bonchev–Trinajstić information content (AvgIpc) is 2.36. The predicted molar refractivity (Wildman–Crippen MR) is 76.2 cm³/mol. The van der Waals surface area contributed by atoms with E-state index in [0.717, 1.165) is 6.07 Å². The van der Waals surface area contributed by atoms with E-state index in [-0.39, 0.29) is 18.0 Å². The van der Waals surface area contributed by atoms with Gasteiger partial charge in [0.2, 0.25) is 0 Å². The molecule has 0 atom stereocenters. The van der Waals surface area contributed by atoms with Crippen LogP contribution in [0.25, 0.3) is 0 Å². The van der Waals surface area contributed by atoms with E-state index in [1.54, 1.807) is 6.07 Å². The highest BCUT2D eigenvalue weighted by Crippen LogP contribution is 2.27. The molecule has 2 aromatic carbocycles. The maximum atomic E-state index is 13.1. The monoisotopic (exact) mass is 340 g/mol. The molecule has 0 fully saturated rings. The average molecular weight is 341 g/mol. The molecule has 5 nitrogen and oxygen atoms in total. The lowest BCUT2D eigenvalue weighted by molar-refractivity contribution is -0.384. The van der Waals surface area contributed by atoms with E-state index in [4.69, 9.17) is 0 Å². The molecule has 0 spiro atoms. The number of nitrogens with zero attached hydrogens (tertiary/aromatic N) is 1. The van der Waals surface area contributed by atoms with Crippen LogP contribution >= 0.6 is 15.9 Å². The molecule has 2 aromatic rings. The smallest absolute Gasteiger partial charge is 0.271 e. The number of anilines is 1. The van der Waals surface area contributed by atoms with Crippen molar-refractivity contribution in [2.24, 2.45) is 0 Å². The largest absolute Gasteiger partial charge is 0.508 e. The lowest BCUT2D eigenvalue weighted by Crippen LogP contribution is -2.01. The van der Waals surface area contributed by atoms with Gasteiger partial charge in [-0.05, 0) is 39.7 Å². The molecule has 20 heavy (non-hydrogen) atoms. The molecule has 0 aliphatic rings. The zero-order valence-electron chi connectivity index (χ0n) is 10.1. The summed E-state index contributed by atoms with van der Waals surface area (Å²) in [5.74, 6) is -0.709. The third-order valence-electron chi connectivity index (χ3n) is 2.59. The molecular weight excluding hydrogens is 331 g/mol. The molecular formula is C13H10BrFN2O3. The van der Waals surface area contributed by atoms with Crippen molar-refractivity contribution in [2.45, 2.75) is 6.54 Å². The highest BCUT2D eigenvalue weighted by molar-refractivity contribution is 9.10. The summed E-state index contributed by atoms with van der Waals surface area (Å²) in [5.41, 5.74) is 1.00. The van der Waals surface area contributed by atoms with Crippen molar-refractivity contribution in [1.82, 2.24) is 0 Å². The van der Waals surface area contributed by atoms with Gasteiger partial charge >= 0.3 is 0 Å². The van der Waals surface area contributed by atoms with Crippen LogP contribution in [0, 0.1) is 15.9 Å². The van der Waals surface area contributed by atoms with Crippen LogP contribution in [0.1, 0.15) is 5.56 Å². The quantitative estimate of drug-likeness (QED) is 0.655. The summed E-state index contributed by atoms with van der Waals surface area (Å²) in [6.45, 7) is 0.227. The summed E-state index contributed by atoms with van der Waals surface area (Å²) < 4.78 is 13.8. The lowest BCUT2D eigenvalue weighted by atomic mass is 10.2. The highest BCUT2D eigenvalue weighted by atomic mass is 79.9. The van der Waals surface area contributed by atoms with Crippen molar-refractivity contribution < 1.29 is 14.4 Å². The summed E-state index contributed by atoms with van der Waals surface area (Å²) in [7, 11) is 0. The Balaban J connectivity index is 2.18. The second-order valence-corrected chi connectivity index (χ2v) is 4.95. The number of phenols is 1. The van der Waals surface area contributed by atoms with Crippen LogP contribution in [0.3, 0.4) is 0 Å². The van der Waals surface area contributed by atoms with E-state index >= 15 is 0 Å². The molecule has 0 aromatic heterocycles. The van der Waals surface area contributed by atoms with Gasteiger partial charge < -0.3 is 10.4 Å². The van der Waals surface area contributed by atoms with Crippen molar-refractivity contribution in [1.29, 1.82) is 0 Å². The third kappa shape index (κ3) is 3.45. The minimum atomic E-state index is -0.542. The Morgan fingerprint density at radius 3 is 2.70 bits per heavy atom. The molecule has 0 aliphatic heterocycles. The standard InChI is InChI=1S/C13H10BrFN2O3/c14-12-2-1-10(17(19)20)6-13(12)16-7-8-3-9(15)5-11(18)4-8/h1-6,16,18H,7H2. The van der Waals surface area contributed by atoms with Crippen LogP contribution in [-0.2, 0) is 6.54 Å². The van der Waals surface area contributed by atoms with Crippen molar-refractivity contribution >= 4 is 27.3 Å². The number of nitrogens with one attached hydrogen (secondary N) is 1. The summed E-state index contributed by atoms with van der Waals surface area (Å²) in [6, 6.07) is 8.02. The van der Waals surface area contributed by atoms with Crippen molar-refractivity contribution in [3.63, 3.8) is 0 Å². The maximum absolute atomic E-state index is 13.1. The van der Waals surface area contributed by atoms with Gasteiger partial charge in [-0.25, -0.2) is 4.39 Å². The number of hydrogen-bond donors (Lipinski definition) is 2. The molecule has 0 amide bonds. The van der Waals surface area contributed by atoms with Gasteiger partial charge in [0.25, 0.3) is 5.69 Å². The first-order valence-corrected chi connectivity index (χ1v) is 6.41. The molecule has 0 saturated heterocycles. The summed E-state index contributed by atoms with van der Waals surface area (Å²) >= 11 is 3.27. The number of phenolic OH excluding ortho intramolecular Hbond substituents is 1. The predicted octanol–water partition coefficient (Wildman–Crippen LogP) is 3.81. The number of nitro groups is 1. The van der Waals surface area contributed by atoms with Crippen LogP contribution in [0.4, 0.5) is 15.8 Å². The normalized spacial score (nSPS) is 10.3. The van der Waals surface area contributed by atoms with Gasteiger partial charge in [-0.2, -0.15) is 0 Å². The Labute approximate surface area is 122 Å². The Kier molecular flexibility index (Phi) is 4.19. The summed E-state index contributed by atoms with van der Waals surface area (Å²) in [6.07, 6.45) is 0. The number of benzene rings is 2. The minimum absolute atomic E-state index is 0.0437. The zero-order valence-corrected chi connectivity index (χ0v) is 11.7. The van der Waals surface area contributed by atoms with E-state index in [9.17, 15) is 19.6 Å². The van der Waals surface area contributed by atoms with Crippen LogP contribution < -0.4 is 5.32 Å². The summed E-state index contributed by atoms with van der Waals surface area (Å²) in [4.78, 5) is 10.2. The van der Waals surface area contributed by atoms with Crippen molar-refractivity contribution in [3.05, 3.63) is 62.4 Å². The minimum Gasteiger partial charge on any atom is -0.508 e. The first-order valence-electron chi connectivity index (χ1n) is 5.62. The summed E-state index contributed by atoms with van der Waals surface area (Å²) in [5, 5.41) is 23.0. The van der Waals surface area contributed by atoms with Gasteiger partial charge in [0.1, 0.15) is 11.6 Å². The van der Waals surface area contributed by atoms with Gasteiger partial charge in [-0.15, -0.1) is 0 Å².